The van der Waals surface area contributed by atoms with E-state index in [0.29, 0.717) is 12.8 Å². The van der Waals surface area contributed by atoms with Crippen molar-refractivity contribution in [3.05, 3.63) is 60.8 Å². The van der Waals surface area contributed by atoms with Crippen molar-refractivity contribution in [3.63, 3.8) is 0 Å². The minimum Gasteiger partial charge on any atom is -0.480 e. The highest BCUT2D eigenvalue weighted by Gasteiger charge is 2.18. The molecule has 0 aliphatic carbocycles. The largest absolute Gasteiger partial charge is 0.480 e. The lowest BCUT2D eigenvalue weighted by Gasteiger charge is -2.15. The van der Waals surface area contributed by atoms with Crippen LogP contribution in [0.1, 0.15) is 162 Å². The number of carboxylic acids is 1. The third-order valence-electron chi connectivity index (χ3n) is 8.48. The van der Waals surface area contributed by atoms with E-state index in [4.69, 9.17) is 14.9 Å². The molecule has 0 aliphatic rings. The first kappa shape index (κ1) is 48.5. The van der Waals surface area contributed by atoms with Crippen LogP contribution < -0.4 is 10.6 Å². The standard InChI is InChI=1S/C43H72N2O7/c1-3-5-7-9-10-11-12-13-14-15-16-17-18-19-20-21-22-23-24-25-31-35-42(49)52-38(32-28-8-6-4-2)33-29-26-27-30-34-40(47)44-36-41(48)45-39(37-46)43(50)51/h5,7,10-11,13-14,16-17,28,32,38-39,46H,3-4,6,8-9,12,15,18-27,29-31,33-37H2,1-2H3,(H,44,47)(H,45,48)(H,50,51)/b7-5-,11-10-,14-13-,17-16-,32-28-. The summed E-state index contributed by atoms with van der Waals surface area (Å²) in [5.41, 5.74) is 0. The second-order valence-electron chi connectivity index (χ2n) is 13.3. The predicted octanol–water partition coefficient (Wildman–Crippen LogP) is 9.37. The number of aliphatic hydroxyl groups excluding tert-OH is 1. The van der Waals surface area contributed by atoms with E-state index < -0.39 is 24.5 Å². The average molecular weight is 729 g/mol. The lowest BCUT2D eigenvalue weighted by Crippen LogP contribution is -2.47. The summed E-state index contributed by atoms with van der Waals surface area (Å²) in [6, 6.07) is -1.39. The maximum absolute atomic E-state index is 12.6. The summed E-state index contributed by atoms with van der Waals surface area (Å²) in [5, 5.41) is 22.4. The molecular formula is C43H72N2O7. The van der Waals surface area contributed by atoms with Crippen LogP contribution in [0.3, 0.4) is 0 Å². The molecular weight excluding hydrogens is 656 g/mol. The number of nitrogens with one attached hydrogen (secondary N) is 2. The molecule has 0 rings (SSSR count). The zero-order chi connectivity index (χ0) is 38.3. The molecule has 2 atom stereocenters. The second kappa shape index (κ2) is 37.3. The van der Waals surface area contributed by atoms with Crippen LogP contribution in [-0.2, 0) is 23.9 Å². The van der Waals surface area contributed by atoms with Gasteiger partial charge in [0.2, 0.25) is 11.8 Å². The summed E-state index contributed by atoms with van der Waals surface area (Å²) in [4.78, 5) is 47.2. The highest BCUT2D eigenvalue weighted by atomic mass is 16.5. The fourth-order valence-electron chi connectivity index (χ4n) is 5.36. The van der Waals surface area contributed by atoms with Gasteiger partial charge < -0.3 is 25.6 Å². The van der Waals surface area contributed by atoms with E-state index in [9.17, 15) is 19.2 Å². The van der Waals surface area contributed by atoms with Gasteiger partial charge in [-0.2, -0.15) is 0 Å². The third kappa shape index (κ3) is 33.7. The number of aliphatic carboxylic acids is 1. The van der Waals surface area contributed by atoms with Crippen molar-refractivity contribution >= 4 is 23.8 Å². The molecule has 9 heteroatoms. The van der Waals surface area contributed by atoms with Gasteiger partial charge in [0.25, 0.3) is 0 Å². The van der Waals surface area contributed by atoms with E-state index in [1.165, 1.54) is 32.1 Å². The van der Waals surface area contributed by atoms with Gasteiger partial charge in [0.1, 0.15) is 12.1 Å². The van der Waals surface area contributed by atoms with Crippen LogP contribution >= 0.6 is 0 Å². The average Bonchev–Trinajstić information content (AvgIpc) is 3.13. The Morgan fingerprint density at radius 3 is 1.75 bits per heavy atom. The Morgan fingerprint density at radius 2 is 1.15 bits per heavy atom. The lowest BCUT2D eigenvalue weighted by atomic mass is 10.1. The number of carbonyl (C=O) groups excluding carboxylic acids is 3. The van der Waals surface area contributed by atoms with Gasteiger partial charge >= 0.3 is 11.9 Å². The summed E-state index contributed by atoms with van der Waals surface area (Å²) in [5.74, 6) is -2.43. The number of carboxylic acid groups (broad SMARTS) is 1. The number of aliphatic hydroxyl groups is 1. The van der Waals surface area contributed by atoms with Crippen molar-refractivity contribution in [2.45, 2.75) is 174 Å². The number of unbranched alkanes of at least 4 members (excludes halogenated alkanes) is 13. The Hall–Kier alpha value is -3.46. The quantitative estimate of drug-likeness (QED) is 0.0289. The van der Waals surface area contributed by atoms with E-state index >= 15 is 0 Å². The first-order valence-corrected chi connectivity index (χ1v) is 20.2. The number of amides is 2. The highest BCUT2D eigenvalue weighted by molar-refractivity contribution is 5.87. The zero-order valence-electron chi connectivity index (χ0n) is 32.5. The van der Waals surface area contributed by atoms with Crippen LogP contribution in [0.2, 0.25) is 0 Å². The van der Waals surface area contributed by atoms with Gasteiger partial charge in [-0.15, -0.1) is 0 Å². The van der Waals surface area contributed by atoms with Crippen molar-refractivity contribution in [1.82, 2.24) is 10.6 Å². The van der Waals surface area contributed by atoms with E-state index in [1.54, 1.807) is 0 Å². The topological polar surface area (TPSA) is 142 Å². The maximum atomic E-state index is 12.6. The fourth-order valence-corrected chi connectivity index (χ4v) is 5.36. The van der Waals surface area contributed by atoms with Gasteiger partial charge in [0.05, 0.1) is 13.2 Å². The van der Waals surface area contributed by atoms with Crippen LogP contribution in [0.5, 0.6) is 0 Å². The molecule has 4 N–H and O–H groups in total. The molecule has 0 saturated heterocycles. The maximum Gasteiger partial charge on any atom is 0.328 e. The number of allylic oxidation sites excluding steroid dienone is 9. The van der Waals surface area contributed by atoms with Crippen LogP contribution in [0.25, 0.3) is 0 Å². The molecule has 0 aromatic carbocycles. The molecule has 0 aromatic heterocycles. The molecule has 0 bridgehead atoms. The smallest absolute Gasteiger partial charge is 0.328 e. The molecule has 0 spiro atoms. The first-order valence-electron chi connectivity index (χ1n) is 20.2. The molecule has 2 unspecified atom stereocenters. The van der Waals surface area contributed by atoms with E-state index in [2.05, 4.69) is 79.2 Å². The minimum atomic E-state index is -1.39. The summed E-state index contributed by atoms with van der Waals surface area (Å²) >= 11 is 0. The van der Waals surface area contributed by atoms with Crippen LogP contribution in [0, 0.1) is 0 Å². The highest BCUT2D eigenvalue weighted by Crippen LogP contribution is 2.15. The molecule has 52 heavy (non-hydrogen) atoms. The molecule has 9 nitrogen and oxygen atoms in total. The Morgan fingerprint density at radius 1 is 0.615 bits per heavy atom. The summed E-state index contributed by atoms with van der Waals surface area (Å²) < 4.78 is 5.83. The van der Waals surface area contributed by atoms with Crippen molar-refractivity contribution < 1.29 is 34.1 Å². The number of esters is 1. The number of carbonyl (C=O) groups is 4. The van der Waals surface area contributed by atoms with Crippen molar-refractivity contribution in [2.24, 2.45) is 0 Å². The van der Waals surface area contributed by atoms with Crippen LogP contribution in [0.15, 0.2) is 60.8 Å². The Balaban J connectivity index is 4.01. The van der Waals surface area contributed by atoms with Crippen LogP contribution in [0.4, 0.5) is 0 Å². The van der Waals surface area contributed by atoms with Crippen molar-refractivity contribution in [2.75, 3.05) is 13.2 Å². The fraction of sp³-hybridized carbons (Fsp3) is 0.674. The molecule has 0 saturated carbocycles. The Labute approximate surface area is 315 Å². The monoisotopic (exact) mass is 729 g/mol. The molecule has 296 valence electrons. The van der Waals surface area contributed by atoms with Crippen molar-refractivity contribution in [1.29, 1.82) is 0 Å². The lowest BCUT2D eigenvalue weighted by molar-refractivity contribution is -0.147. The number of hydrogen-bond donors (Lipinski definition) is 4. The van der Waals surface area contributed by atoms with Gasteiger partial charge in [-0.05, 0) is 76.7 Å². The summed E-state index contributed by atoms with van der Waals surface area (Å²) in [6.45, 7) is 3.25. The number of hydrogen-bond acceptors (Lipinski definition) is 6. The van der Waals surface area contributed by atoms with Crippen LogP contribution in [-0.4, -0.2) is 59.3 Å². The van der Waals surface area contributed by atoms with Gasteiger partial charge in [0, 0.05) is 12.8 Å². The Kier molecular flexibility index (Phi) is 34.8. The zero-order valence-corrected chi connectivity index (χ0v) is 32.5. The second-order valence-corrected chi connectivity index (χ2v) is 13.3. The summed E-state index contributed by atoms with van der Waals surface area (Å²) in [6.07, 6.45) is 44.4. The molecule has 0 fully saturated rings. The van der Waals surface area contributed by atoms with Gasteiger partial charge in [-0.3, -0.25) is 14.4 Å². The van der Waals surface area contributed by atoms with E-state index in [0.717, 1.165) is 96.3 Å². The number of rotatable bonds is 35. The molecule has 0 aliphatic heterocycles. The molecule has 0 heterocycles. The van der Waals surface area contributed by atoms with Crippen molar-refractivity contribution in [3.8, 4) is 0 Å². The third-order valence-corrected chi connectivity index (χ3v) is 8.48. The summed E-state index contributed by atoms with van der Waals surface area (Å²) in [7, 11) is 0. The molecule has 0 radical (unpaired) electrons. The number of ether oxygens (including phenoxy) is 1. The van der Waals surface area contributed by atoms with Gasteiger partial charge in [-0.25, -0.2) is 4.79 Å². The normalized spacial score (nSPS) is 13.1. The van der Waals surface area contributed by atoms with E-state index in [-0.39, 0.29) is 30.9 Å². The SMILES string of the molecule is CC/C=C\C/C=C\C/C=C\C/C=C\CCCCCCCCCCC(=O)OC(/C=C\CCCC)CCCCCCC(=O)NCC(=O)NC(CO)C(=O)O. The van der Waals surface area contributed by atoms with Gasteiger partial charge in [-0.1, -0.05) is 133 Å². The first-order chi connectivity index (χ1) is 25.3. The minimum absolute atomic E-state index is 0.129. The molecule has 2 amide bonds. The molecule has 0 aromatic rings. The predicted molar refractivity (Wildman–Crippen MR) is 213 cm³/mol. The van der Waals surface area contributed by atoms with Gasteiger partial charge in [0.15, 0.2) is 0 Å². The Bertz CT molecular complexity index is 1060. The van der Waals surface area contributed by atoms with E-state index in [1.807, 2.05) is 6.08 Å².